The van der Waals surface area contributed by atoms with Gasteiger partial charge in [-0.05, 0) is 73.3 Å². The molecular weight excluding hydrogens is 294 g/mol. The molecule has 2 aromatic rings. The number of fused-ring (bicyclic) bond motifs is 1. The summed E-state index contributed by atoms with van der Waals surface area (Å²) >= 11 is 3.86. The zero-order valence-electron chi connectivity index (χ0n) is 12.7. The van der Waals surface area contributed by atoms with Crippen molar-refractivity contribution in [3.8, 4) is 0 Å². The highest BCUT2D eigenvalue weighted by Gasteiger charge is 2.55. The number of nitrogens with one attached hydrogen (secondary N) is 1. The van der Waals surface area contributed by atoms with Crippen molar-refractivity contribution in [2.75, 3.05) is 0 Å². The van der Waals surface area contributed by atoms with E-state index in [0.717, 1.165) is 18.4 Å². The Labute approximate surface area is 134 Å². The van der Waals surface area contributed by atoms with E-state index in [2.05, 4.69) is 29.8 Å². The van der Waals surface area contributed by atoms with Crippen LogP contribution in [0, 0.1) is 17.3 Å². The minimum Gasteiger partial charge on any atom is -0.306 e. The number of rotatable bonds is 3. The second kappa shape index (κ2) is 4.33. The van der Waals surface area contributed by atoms with Gasteiger partial charge in [0.05, 0.1) is 0 Å². The van der Waals surface area contributed by atoms with Crippen LogP contribution in [0.15, 0.2) is 17.5 Å². The van der Waals surface area contributed by atoms with Gasteiger partial charge in [-0.2, -0.15) is 0 Å². The van der Waals surface area contributed by atoms with Gasteiger partial charge in [-0.15, -0.1) is 22.7 Å². The van der Waals surface area contributed by atoms with Gasteiger partial charge in [0.2, 0.25) is 0 Å². The van der Waals surface area contributed by atoms with Crippen molar-refractivity contribution >= 4 is 32.1 Å². The first-order valence-electron chi connectivity index (χ1n) is 8.33. The quantitative estimate of drug-likeness (QED) is 0.798. The van der Waals surface area contributed by atoms with Crippen LogP contribution in [-0.2, 0) is 6.54 Å². The van der Waals surface area contributed by atoms with Gasteiger partial charge < -0.3 is 5.32 Å². The minimum atomic E-state index is 0.469. The lowest BCUT2D eigenvalue weighted by Gasteiger charge is -2.61. The molecule has 21 heavy (non-hydrogen) atoms. The van der Waals surface area contributed by atoms with Crippen LogP contribution >= 0.6 is 22.7 Å². The lowest BCUT2D eigenvalue weighted by atomic mass is 9.47. The Hall–Kier alpha value is -0.380. The summed E-state index contributed by atoms with van der Waals surface area (Å²) in [6.07, 6.45) is 8.83. The van der Waals surface area contributed by atoms with Crippen LogP contribution in [0.4, 0.5) is 0 Å². The monoisotopic (exact) mass is 317 g/mol. The van der Waals surface area contributed by atoms with E-state index in [1.807, 2.05) is 22.7 Å². The van der Waals surface area contributed by atoms with Crippen molar-refractivity contribution in [1.29, 1.82) is 0 Å². The fourth-order valence-electron chi connectivity index (χ4n) is 6.10. The number of thiophene rings is 2. The third-order valence-electron chi connectivity index (χ3n) is 6.18. The zero-order valence-corrected chi connectivity index (χ0v) is 14.3. The Kier molecular flexibility index (Phi) is 2.70. The summed E-state index contributed by atoms with van der Waals surface area (Å²) in [5.41, 5.74) is 1.11. The van der Waals surface area contributed by atoms with E-state index in [1.165, 1.54) is 52.8 Å². The van der Waals surface area contributed by atoms with Crippen LogP contribution in [-0.4, -0.2) is 5.54 Å². The molecule has 0 aromatic carbocycles. The minimum absolute atomic E-state index is 0.469. The molecule has 0 spiro atoms. The summed E-state index contributed by atoms with van der Waals surface area (Å²) in [7, 11) is 0. The predicted octanol–water partition coefficient (Wildman–Crippen LogP) is 5.41. The maximum Gasteiger partial charge on any atom is 0.0453 e. The SMILES string of the molecule is CC12CC3CC(C1)CC(NCc1cc4sccc4s1)(C3)C2. The average molecular weight is 318 g/mol. The van der Waals surface area contributed by atoms with Crippen LogP contribution in [0.5, 0.6) is 0 Å². The Morgan fingerprint density at radius 1 is 1.19 bits per heavy atom. The molecule has 1 nitrogen and oxygen atoms in total. The van der Waals surface area contributed by atoms with Crippen molar-refractivity contribution in [2.45, 2.75) is 57.5 Å². The molecule has 2 unspecified atom stereocenters. The third kappa shape index (κ3) is 2.12. The maximum absolute atomic E-state index is 4.03. The summed E-state index contributed by atoms with van der Waals surface area (Å²) in [6, 6.07) is 4.67. The third-order valence-corrected chi connectivity index (χ3v) is 8.27. The molecule has 4 aliphatic rings. The lowest BCUT2D eigenvalue weighted by molar-refractivity contribution is -0.0725. The summed E-state index contributed by atoms with van der Waals surface area (Å²) in [5, 5.41) is 6.24. The van der Waals surface area contributed by atoms with Gasteiger partial charge in [-0.1, -0.05) is 6.92 Å². The highest BCUT2D eigenvalue weighted by molar-refractivity contribution is 7.26. The van der Waals surface area contributed by atoms with E-state index in [4.69, 9.17) is 0 Å². The second-order valence-electron chi connectivity index (χ2n) is 8.27. The van der Waals surface area contributed by atoms with E-state index in [1.54, 1.807) is 0 Å². The molecule has 0 radical (unpaired) electrons. The van der Waals surface area contributed by atoms with Gasteiger partial charge in [0.25, 0.3) is 0 Å². The fourth-order valence-corrected chi connectivity index (χ4v) is 8.18. The second-order valence-corrected chi connectivity index (χ2v) is 10.4. The van der Waals surface area contributed by atoms with E-state index in [0.29, 0.717) is 11.0 Å². The van der Waals surface area contributed by atoms with E-state index < -0.39 is 0 Å². The molecule has 2 atom stereocenters. The molecule has 1 N–H and O–H groups in total. The van der Waals surface area contributed by atoms with Crippen molar-refractivity contribution in [2.24, 2.45) is 17.3 Å². The van der Waals surface area contributed by atoms with Crippen LogP contribution in [0.3, 0.4) is 0 Å². The van der Waals surface area contributed by atoms with Gasteiger partial charge in [0.1, 0.15) is 0 Å². The topological polar surface area (TPSA) is 12.0 Å². The molecule has 112 valence electrons. The van der Waals surface area contributed by atoms with Crippen LogP contribution in [0.2, 0.25) is 0 Å². The van der Waals surface area contributed by atoms with E-state index in [-0.39, 0.29) is 0 Å². The standard InChI is InChI=1S/C18H23NS2/c1-17-6-12-4-13(7-17)9-18(8-12,11-17)19-10-14-5-16-15(21-14)2-3-20-16/h2-3,5,12-13,19H,4,6-11H2,1H3. The molecule has 2 aromatic heterocycles. The molecule has 0 aliphatic heterocycles. The lowest BCUT2D eigenvalue weighted by Crippen LogP contribution is -2.61. The molecule has 4 bridgehead atoms. The summed E-state index contributed by atoms with van der Waals surface area (Å²) < 4.78 is 2.93. The Morgan fingerprint density at radius 3 is 2.71 bits per heavy atom. The number of hydrogen-bond donors (Lipinski definition) is 1. The van der Waals surface area contributed by atoms with E-state index in [9.17, 15) is 0 Å². The van der Waals surface area contributed by atoms with Gasteiger partial charge >= 0.3 is 0 Å². The molecule has 2 heterocycles. The van der Waals surface area contributed by atoms with Gasteiger partial charge in [0.15, 0.2) is 0 Å². The normalized spacial score (nSPS) is 41.2. The van der Waals surface area contributed by atoms with Gasteiger partial charge in [-0.25, -0.2) is 0 Å². The summed E-state index contributed by atoms with van der Waals surface area (Å²) in [6.45, 7) is 3.64. The highest BCUT2D eigenvalue weighted by atomic mass is 32.1. The first-order valence-corrected chi connectivity index (χ1v) is 10.0. The molecule has 3 heteroatoms. The van der Waals surface area contributed by atoms with Crippen molar-refractivity contribution in [1.82, 2.24) is 5.32 Å². The Bertz CT molecular complexity index is 640. The molecule has 4 fully saturated rings. The van der Waals surface area contributed by atoms with Gasteiger partial charge in [-0.3, -0.25) is 0 Å². The van der Waals surface area contributed by atoms with Crippen LogP contribution in [0.1, 0.15) is 50.3 Å². The van der Waals surface area contributed by atoms with Crippen LogP contribution in [0.25, 0.3) is 9.40 Å². The Balaban J connectivity index is 1.37. The fraction of sp³-hybridized carbons (Fsp3) is 0.667. The number of hydrogen-bond acceptors (Lipinski definition) is 3. The first kappa shape index (κ1) is 13.1. The highest BCUT2D eigenvalue weighted by Crippen LogP contribution is 2.61. The molecular formula is C18H23NS2. The zero-order chi connectivity index (χ0) is 14.1. The molecule has 0 saturated heterocycles. The maximum atomic E-state index is 4.03. The first-order chi connectivity index (χ1) is 10.1. The molecule has 0 amide bonds. The molecule has 6 rings (SSSR count). The average Bonchev–Trinajstić information content (AvgIpc) is 2.93. The molecule has 4 aliphatic carbocycles. The van der Waals surface area contributed by atoms with E-state index >= 15 is 0 Å². The van der Waals surface area contributed by atoms with Crippen molar-refractivity contribution in [3.05, 3.63) is 22.4 Å². The summed E-state index contributed by atoms with van der Waals surface area (Å²) in [5.74, 6) is 2.02. The predicted molar refractivity (Wildman–Crippen MR) is 92.1 cm³/mol. The van der Waals surface area contributed by atoms with Crippen molar-refractivity contribution < 1.29 is 0 Å². The van der Waals surface area contributed by atoms with Crippen molar-refractivity contribution in [3.63, 3.8) is 0 Å². The smallest absolute Gasteiger partial charge is 0.0453 e. The molecule has 4 saturated carbocycles. The van der Waals surface area contributed by atoms with Crippen LogP contribution < -0.4 is 5.32 Å². The van der Waals surface area contributed by atoms with Gasteiger partial charge in [0, 0.05) is 26.4 Å². The Morgan fingerprint density at radius 2 is 2.00 bits per heavy atom. The largest absolute Gasteiger partial charge is 0.306 e. The summed E-state index contributed by atoms with van der Waals surface area (Å²) in [4.78, 5) is 1.53.